The van der Waals surface area contributed by atoms with Crippen molar-refractivity contribution in [3.05, 3.63) is 10.4 Å². The van der Waals surface area contributed by atoms with Gasteiger partial charge in [-0.25, -0.2) is 0 Å². The number of amides is 2. The first-order chi connectivity index (χ1) is 20.6. The number of nitrogens with one attached hydrogen (secondary N) is 2. The van der Waals surface area contributed by atoms with Gasteiger partial charge in [0.2, 0.25) is 0 Å². The molecule has 10 rings (SSSR count). The molecule has 8 bridgehead atoms. The molecule has 0 unspecified atom stereocenters. The van der Waals surface area contributed by atoms with E-state index in [1.807, 2.05) is 0 Å². The monoisotopic (exact) mass is 596 g/mol. The van der Waals surface area contributed by atoms with Crippen LogP contribution in [-0.2, 0) is 9.59 Å². The summed E-state index contributed by atoms with van der Waals surface area (Å²) in [5.41, 5.74) is -0.160. The second-order valence-corrected chi connectivity index (χ2v) is 17.6. The third kappa shape index (κ3) is 5.38. The molecule has 0 aromatic rings. The van der Waals surface area contributed by atoms with Crippen molar-refractivity contribution in [1.82, 2.24) is 10.6 Å². The van der Waals surface area contributed by atoms with Crippen molar-refractivity contribution in [3.63, 3.8) is 0 Å². The van der Waals surface area contributed by atoms with Crippen LogP contribution >= 0.6 is 0 Å². The summed E-state index contributed by atoms with van der Waals surface area (Å²) in [6, 6.07) is -1.11. The molecule has 2 N–H and O–H groups in total. The summed E-state index contributed by atoms with van der Waals surface area (Å²) < 4.78 is -0.968. The zero-order valence-corrected chi connectivity index (χ0v) is 26.4. The van der Waals surface area contributed by atoms with Gasteiger partial charge in [0.05, 0.1) is 26.2 Å². The van der Waals surface area contributed by atoms with Gasteiger partial charge in [-0.15, -0.1) is 0 Å². The minimum Gasteiger partial charge on any atom is -0.632 e. The van der Waals surface area contributed by atoms with Crippen LogP contribution in [-0.4, -0.2) is 70.4 Å². The number of hydroxylamine groups is 6. The minimum atomic E-state index is -0.557. The van der Waals surface area contributed by atoms with Crippen LogP contribution in [0.4, 0.5) is 0 Å². The van der Waals surface area contributed by atoms with Crippen molar-refractivity contribution in [1.29, 1.82) is 0 Å². The molecule has 8 heteroatoms. The van der Waals surface area contributed by atoms with Gasteiger partial charge >= 0.3 is 0 Å². The van der Waals surface area contributed by atoms with Gasteiger partial charge in [0.15, 0.2) is 12.1 Å². The predicted molar refractivity (Wildman–Crippen MR) is 165 cm³/mol. The molecule has 10 fully saturated rings. The van der Waals surface area contributed by atoms with Crippen molar-refractivity contribution < 1.29 is 18.9 Å². The quantitative estimate of drug-likeness (QED) is 0.294. The lowest BCUT2D eigenvalue weighted by Gasteiger charge is -2.58. The number of carbonyl (C=O) groups excluding carboxylic acids is 2. The van der Waals surface area contributed by atoms with Crippen LogP contribution in [0.3, 0.4) is 0 Å². The van der Waals surface area contributed by atoms with Crippen molar-refractivity contribution in [2.75, 3.05) is 26.2 Å². The molecule has 8 saturated carbocycles. The SMILES string of the molecule is O=C(NC12CC3CC(CC(C3)C1)C2)[C@@H]1CCCC[N@@+]1([O-])CCC[N@+]1([O-])CCCC[C@H]1C(=O)NC12CC3CC(CC(C3)C1)C2. The summed E-state index contributed by atoms with van der Waals surface area (Å²) in [7, 11) is 0. The van der Waals surface area contributed by atoms with Gasteiger partial charge in [0.1, 0.15) is 0 Å². The number of piperidine rings is 2. The van der Waals surface area contributed by atoms with E-state index in [0.29, 0.717) is 45.4 Å². The molecule has 2 saturated heterocycles. The van der Waals surface area contributed by atoms with Crippen molar-refractivity contribution in [2.45, 2.75) is 145 Å². The molecule has 2 heterocycles. The number of quaternary nitrogens is 2. The topological polar surface area (TPSA) is 104 Å². The Balaban J connectivity index is 0.906. The number of hydrogen-bond acceptors (Lipinski definition) is 4. The summed E-state index contributed by atoms with van der Waals surface area (Å²) in [4.78, 5) is 27.6. The first-order valence-corrected chi connectivity index (χ1v) is 18.4. The Kier molecular flexibility index (Phi) is 7.24. The van der Waals surface area contributed by atoms with E-state index in [-0.39, 0.29) is 22.9 Å². The maximum atomic E-state index is 14.3. The van der Waals surface area contributed by atoms with Crippen LogP contribution in [0.5, 0.6) is 0 Å². The molecule has 0 radical (unpaired) electrons. The maximum Gasteiger partial charge on any atom is 0.279 e. The number of likely N-dealkylation sites (tertiary alicyclic amines) is 2. The average Bonchev–Trinajstić information content (AvgIpc) is 2.91. The third-order valence-corrected chi connectivity index (χ3v) is 14.2. The van der Waals surface area contributed by atoms with Crippen LogP contribution in [0, 0.1) is 45.9 Å². The highest BCUT2D eigenvalue weighted by atomic mass is 16.6. The van der Waals surface area contributed by atoms with E-state index in [9.17, 15) is 20.0 Å². The molecule has 4 atom stereocenters. The highest BCUT2D eigenvalue weighted by Gasteiger charge is 2.54. The molecule has 0 aromatic carbocycles. The smallest absolute Gasteiger partial charge is 0.279 e. The molecule has 43 heavy (non-hydrogen) atoms. The first kappa shape index (κ1) is 29.2. The van der Waals surface area contributed by atoms with Crippen molar-refractivity contribution in [2.24, 2.45) is 35.5 Å². The molecule has 8 nitrogen and oxygen atoms in total. The zero-order chi connectivity index (χ0) is 29.5. The van der Waals surface area contributed by atoms with E-state index < -0.39 is 21.4 Å². The van der Waals surface area contributed by atoms with E-state index in [1.165, 1.54) is 38.5 Å². The second-order valence-electron chi connectivity index (χ2n) is 17.6. The fourth-order valence-electron chi connectivity index (χ4n) is 13.3. The normalized spacial score (nSPS) is 51.4. The second kappa shape index (κ2) is 10.7. The van der Waals surface area contributed by atoms with E-state index in [1.54, 1.807) is 0 Å². The molecule has 0 aromatic heterocycles. The first-order valence-electron chi connectivity index (χ1n) is 18.4. The van der Waals surface area contributed by atoms with E-state index >= 15 is 0 Å². The molecule has 0 spiro atoms. The van der Waals surface area contributed by atoms with E-state index in [2.05, 4.69) is 10.6 Å². The Hall–Kier alpha value is -1.22. The third-order valence-electron chi connectivity index (χ3n) is 14.2. The van der Waals surface area contributed by atoms with Crippen molar-refractivity contribution in [3.8, 4) is 0 Å². The molecular formula is C35H56N4O4. The average molecular weight is 597 g/mol. The highest BCUT2D eigenvalue weighted by Crippen LogP contribution is 2.57. The summed E-state index contributed by atoms with van der Waals surface area (Å²) in [5.74, 6) is 4.45. The maximum absolute atomic E-state index is 14.3. The number of carbonyl (C=O) groups is 2. The number of nitrogens with zero attached hydrogens (tertiary/aromatic N) is 2. The number of rotatable bonds is 8. The van der Waals surface area contributed by atoms with Crippen LogP contribution in [0.2, 0.25) is 0 Å². The van der Waals surface area contributed by atoms with Crippen molar-refractivity contribution >= 4 is 11.8 Å². The van der Waals surface area contributed by atoms with Crippen LogP contribution < -0.4 is 10.6 Å². The van der Waals surface area contributed by atoms with Gasteiger partial charge in [-0.2, -0.15) is 0 Å². The molecule has 2 aliphatic heterocycles. The highest BCUT2D eigenvalue weighted by molar-refractivity contribution is 5.82. The van der Waals surface area contributed by atoms with Gasteiger partial charge in [0, 0.05) is 30.3 Å². The zero-order valence-electron chi connectivity index (χ0n) is 26.4. The number of hydrogen-bond donors (Lipinski definition) is 2. The molecule has 2 amide bonds. The standard InChI is InChI=1S/C35H56N4O4/c40-32(36-34-18-24-12-25(19-34)14-26(13-24)20-34)30-6-1-3-8-38(30,42)10-5-11-39(43)9-4-2-7-31(39)33(41)37-35-21-27-15-28(22-35)17-29(16-27)23-35/h24-31H,1-23H2,(H,36,40)(H,37,41)/t24?,25?,26?,27?,28?,29?,30-,31-,34?,35?,38+,39+/m0/s1. The van der Waals surface area contributed by atoms with E-state index in [4.69, 9.17) is 0 Å². The van der Waals surface area contributed by atoms with Crippen LogP contribution in [0.15, 0.2) is 0 Å². The van der Waals surface area contributed by atoms with Gasteiger partial charge in [0.25, 0.3) is 11.8 Å². The summed E-state index contributed by atoms with van der Waals surface area (Å²) in [6.45, 7) is 1.55. The van der Waals surface area contributed by atoms with Crippen LogP contribution in [0.1, 0.15) is 122 Å². The Morgan fingerprint density at radius 3 is 1.21 bits per heavy atom. The largest absolute Gasteiger partial charge is 0.632 e. The molecule has 10 aliphatic rings. The van der Waals surface area contributed by atoms with Gasteiger partial charge < -0.3 is 30.3 Å². The summed E-state index contributed by atoms with van der Waals surface area (Å²) in [6.07, 6.45) is 19.9. The Labute approximate surface area is 258 Å². The minimum absolute atomic E-state index is 0.0199. The predicted octanol–water partition coefficient (Wildman–Crippen LogP) is 5.28. The van der Waals surface area contributed by atoms with Gasteiger partial charge in [-0.1, -0.05) is 0 Å². The van der Waals surface area contributed by atoms with Crippen LogP contribution in [0.25, 0.3) is 0 Å². The Morgan fingerprint density at radius 2 is 0.884 bits per heavy atom. The van der Waals surface area contributed by atoms with Gasteiger partial charge in [-0.05, 0) is 138 Å². The van der Waals surface area contributed by atoms with Gasteiger partial charge in [-0.3, -0.25) is 9.59 Å². The molecule has 240 valence electrons. The Morgan fingerprint density at radius 1 is 0.558 bits per heavy atom. The fraction of sp³-hybridized carbons (Fsp3) is 0.943. The summed E-state index contributed by atoms with van der Waals surface area (Å²) in [5, 5.41) is 35.7. The fourth-order valence-corrected chi connectivity index (χ4v) is 13.3. The molecular weight excluding hydrogens is 540 g/mol. The Bertz CT molecular complexity index is 957. The van der Waals surface area contributed by atoms with E-state index in [0.717, 1.165) is 99.7 Å². The lowest BCUT2D eigenvalue weighted by atomic mass is 9.53. The molecule has 8 aliphatic carbocycles. The lowest BCUT2D eigenvalue weighted by molar-refractivity contribution is -0.919. The lowest BCUT2D eigenvalue weighted by Crippen LogP contribution is -2.67. The summed E-state index contributed by atoms with van der Waals surface area (Å²) >= 11 is 0.